The van der Waals surface area contributed by atoms with Gasteiger partial charge in [0.05, 0.1) is 0 Å². The van der Waals surface area contributed by atoms with E-state index in [1.54, 1.807) is 0 Å². The van der Waals surface area contributed by atoms with E-state index in [-0.39, 0.29) is 10.1 Å². The van der Waals surface area contributed by atoms with Crippen LogP contribution in [0.5, 0.6) is 11.5 Å². The van der Waals surface area contributed by atoms with Crippen LogP contribution in [-0.4, -0.2) is 10.1 Å². The van der Waals surface area contributed by atoms with Gasteiger partial charge in [0.15, 0.2) is 0 Å². The zero-order chi connectivity index (χ0) is 8.93. The summed E-state index contributed by atoms with van der Waals surface area (Å²) in [5, 5.41) is 0. The second-order valence-corrected chi connectivity index (χ2v) is 2.73. The molecule has 0 saturated carbocycles. The third-order valence-corrected chi connectivity index (χ3v) is 1.72. The molecular weight excluding hydrogens is 169 g/mol. The Morgan fingerprint density at radius 3 is 1.29 bits per heavy atom. The smallest absolute Gasteiger partial charge is 0.127 e. The van der Waals surface area contributed by atoms with Crippen LogP contribution < -0.4 is 4.74 Å². The van der Waals surface area contributed by atoms with Crippen LogP contribution in [0.3, 0.4) is 0 Å². The van der Waals surface area contributed by atoms with E-state index >= 15 is 0 Å². The zero-order valence-corrected chi connectivity index (χ0v) is 7.18. The van der Waals surface area contributed by atoms with E-state index in [1.807, 2.05) is 60.7 Å². The van der Waals surface area contributed by atoms with E-state index < -0.39 is 0 Å². The molecule has 68 valence electrons. The second kappa shape index (κ2) is 5.21. The molecule has 0 N–H and O–H groups in total. The summed E-state index contributed by atoms with van der Waals surface area (Å²) < 4.78 is 5.58. The van der Waals surface area contributed by atoms with Gasteiger partial charge in [0, 0.05) is 0 Å². The minimum atomic E-state index is 0. The Morgan fingerprint density at radius 1 is 0.571 bits per heavy atom. The third-order valence-electron chi connectivity index (χ3n) is 1.72. The van der Waals surface area contributed by atoms with Crippen molar-refractivity contribution >= 4 is 10.1 Å². The van der Waals surface area contributed by atoms with Crippen LogP contribution >= 0.6 is 0 Å². The molecule has 0 aliphatic carbocycles. The number of para-hydroxylation sites is 2. The first-order valence-electron chi connectivity index (χ1n) is 4.23. The van der Waals surface area contributed by atoms with Gasteiger partial charge >= 0.3 is 10.1 Å². The number of hydrogen-bond acceptors (Lipinski definition) is 1. The fourth-order valence-electron chi connectivity index (χ4n) is 1.11. The Morgan fingerprint density at radius 2 is 0.929 bits per heavy atom. The molecule has 0 amide bonds. The largest absolute Gasteiger partial charge is 0.457 e. The molecule has 0 atom stereocenters. The summed E-state index contributed by atoms with van der Waals surface area (Å²) in [6.45, 7) is 0. The normalized spacial score (nSPS) is 8.86. The zero-order valence-electron chi connectivity index (χ0n) is 7.18. The first-order chi connectivity index (χ1) is 6.45. The molecule has 0 heterocycles. The van der Waals surface area contributed by atoms with Crippen molar-refractivity contribution in [1.82, 2.24) is 0 Å². The molecule has 1 nitrogen and oxygen atoms in total. The van der Waals surface area contributed by atoms with Crippen LogP contribution in [0.2, 0.25) is 0 Å². The van der Waals surface area contributed by atoms with E-state index in [0.29, 0.717) is 0 Å². The van der Waals surface area contributed by atoms with Gasteiger partial charge in [0.1, 0.15) is 11.5 Å². The summed E-state index contributed by atoms with van der Waals surface area (Å²) in [6.07, 6.45) is 0. The molecule has 2 rings (SSSR count). The van der Waals surface area contributed by atoms with Gasteiger partial charge < -0.3 is 4.74 Å². The molecule has 0 fully saturated rings. The molecule has 0 bridgehead atoms. The van der Waals surface area contributed by atoms with E-state index in [9.17, 15) is 0 Å². The summed E-state index contributed by atoms with van der Waals surface area (Å²) in [5.74, 6) is 1.74. The molecule has 2 heteroatoms. The summed E-state index contributed by atoms with van der Waals surface area (Å²) in [7, 11) is 0. The molecule has 2 aromatic rings. The van der Waals surface area contributed by atoms with Gasteiger partial charge in [-0.2, -0.15) is 0 Å². The third kappa shape index (κ3) is 2.72. The van der Waals surface area contributed by atoms with E-state index in [4.69, 9.17) is 4.74 Å². The second-order valence-electron chi connectivity index (χ2n) is 2.73. The maximum absolute atomic E-state index is 5.58. The topological polar surface area (TPSA) is 9.23 Å². The minimum Gasteiger partial charge on any atom is -0.457 e. The quantitative estimate of drug-likeness (QED) is 0.647. The standard InChI is InChI=1S/C12H10O.Be.2H/c1-3-7-11(8-4-1)13-12-9-5-2-6-10-12;;;/h1-10H;;;. The molecule has 0 spiro atoms. The molecule has 0 aromatic heterocycles. The fourth-order valence-corrected chi connectivity index (χ4v) is 1.11. The predicted molar refractivity (Wildman–Crippen MR) is 61.5 cm³/mol. The van der Waals surface area contributed by atoms with Crippen molar-refractivity contribution in [3.05, 3.63) is 60.7 Å². The molecule has 14 heavy (non-hydrogen) atoms. The molecule has 0 unspecified atom stereocenters. The summed E-state index contributed by atoms with van der Waals surface area (Å²) in [6, 6.07) is 19.5. The van der Waals surface area contributed by atoms with E-state index in [2.05, 4.69) is 0 Å². The van der Waals surface area contributed by atoms with Gasteiger partial charge in [0.25, 0.3) is 0 Å². The van der Waals surface area contributed by atoms with Crippen molar-refractivity contribution < 1.29 is 4.74 Å². The molecular formula is C12H12BeO. The maximum atomic E-state index is 5.58. The van der Waals surface area contributed by atoms with Gasteiger partial charge in [-0.15, -0.1) is 0 Å². The van der Waals surface area contributed by atoms with Crippen LogP contribution in [0.15, 0.2) is 60.7 Å². The predicted octanol–water partition coefficient (Wildman–Crippen LogP) is 2.56. The van der Waals surface area contributed by atoms with Crippen molar-refractivity contribution in [2.45, 2.75) is 0 Å². The summed E-state index contributed by atoms with van der Waals surface area (Å²) in [5.41, 5.74) is 0. The average molecular weight is 181 g/mol. The van der Waals surface area contributed by atoms with Gasteiger partial charge in [-0.05, 0) is 24.3 Å². The Bertz CT molecular complexity index is 321. The number of benzene rings is 2. The summed E-state index contributed by atoms with van der Waals surface area (Å²) >= 11 is 0. The summed E-state index contributed by atoms with van der Waals surface area (Å²) in [4.78, 5) is 0. The van der Waals surface area contributed by atoms with E-state index in [1.165, 1.54) is 0 Å². The van der Waals surface area contributed by atoms with Gasteiger partial charge in [-0.1, -0.05) is 36.4 Å². The maximum Gasteiger partial charge on any atom is 0.127 e. The van der Waals surface area contributed by atoms with Crippen LogP contribution in [0, 0.1) is 0 Å². The minimum absolute atomic E-state index is 0. The van der Waals surface area contributed by atoms with Gasteiger partial charge in [-0.25, -0.2) is 0 Å². The Hall–Kier alpha value is -1.59. The molecule has 0 aliphatic rings. The monoisotopic (exact) mass is 181 g/mol. The van der Waals surface area contributed by atoms with Crippen molar-refractivity contribution in [2.75, 3.05) is 0 Å². The van der Waals surface area contributed by atoms with Crippen LogP contribution in [0.25, 0.3) is 0 Å². The fraction of sp³-hybridized carbons (Fsp3) is 0. The first kappa shape index (κ1) is 10.5. The molecule has 0 saturated heterocycles. The van der Waals surface area contributed by atoms with Crippen molar-refractivity contribution in [3.8, 4) is 11.5 Å². The van der Waals surface area contributed by atoms with Crippen molar-refractivity contribution in [1.29, 1.82) is 0 Å². The van der Waals surface area contributed by atoms with Gasteiger partial charge in [0.2, 0.25) is 0 Å². The Labute approximate surface area is 87.6 Å². The van der Waals surface area contributed by atoms with Crippen LogP contribution in [-0.2, 0) is 0 Å². The SMILES string of the molecule is [BeH2].c1ccc(Oc2ccccc2)cc1. The number of hydrogen-bond donors (Lipinski definition) is 0. The molecule has 2 aromatic carbocycles. The Balaban J connectivity index is 0.000000980. The number of rotatable bonds is 2. The average Bonchev–Trinajstić information content (AvgIpc) is 2.21. The first-order valence-corrected chi connectivity index (χ1v) is 4.23. The van der Waals surface area contributed by atoms with E-state index in [0.717, 1.165) is 11.5 Å². The molecule has 0 radical (unpaired) electrons. The molecule has 0 aliphatic heterocycles. The number of ether oxygens (including phenoxy) is 1. The van der Waals surface area contributed by atoms with Crippen LogP contribution in [0.4, 0.5) is 0 Å². The van der Waals surface area contributed by atoms with Gasteiger partial charge in [-0.3, -0.25) is 0 Å². The van der Waals surface area contributed by atoms with Crippen molar-refractivity contribution in [2.24, 2.45) is 0 Å². The van der Waals surface area contributed by atoms with Crippen molar-refractivity contribution in [3.63, 3.8) is 0 Å². The Kier molecular flexibility index (Phi) is 3.90. The van der Waals surface area contributed by atoms with Crippen LogP contribution in [0.1, 0.15) is 0 Å².